The number of benzene rings is 2. The Morgan fingerprint density at radius 3 is 2.60 bits per heavy atom. The number of rotatable bonds is 5. The lowest BCUT2D eigenvalue weighted by atomic mass is 10.2. The standard InChI is InChI=1S/C20H18ClNO3/c1-3-13(2)24-15-10-8-14(9-11-15)12-18-20(23)25-19(22-18)16-6-4-5-7-17(16)21/h4-13H,3H2,1-2H3/b18-12-. The molecule has 1 aliphatic rings. The summed E-state index contributed by atoms with van der Waals surface area (Å²) in [6.45, 7) is 4.10. The van der Waals surface area contributed by atoms with E-state index in [9.17, 15) is 4.79 Å². The number of carbonyl (C=O) groups excluding carboxylic acids is 1. The summed E-state index contributed by atoms with van der Waals surface area (Å²) in [6, 6.07) is 14.6. The van der Waals surface area contributed by atoms with Crippen LogP contribution in [0, 0.1) is 0 Å². The van der Waals surface area contributed by atoms with E-state index >= 15 is 0 Å². The molecule has 0 spiro atoms. The zero-order chi connectivity index (χ0) is 17.8. The fourth-order valence-corrected chi connectivity index (χ4v) is 2.49. The van der Waals surface area contributed by atoms with E-state index in [-0.39, 0.29) is 17.7 Å². The summed E-state index contributed by atoms with van der Waals surface area (Å²) in [5, 5.41) is 0.488. The largest absolute Gasteiger partial charge is 0.491 e. The van der Waals surface area contributed by atoms with Crippen molar-refractivity contribution < 1.29 is 14.3 Å². The van der Waals surface area contributed by atoms with Crippen LogP contribution in [-0.4, -0.2) is 18.0 Å². The minimum absolute atomic E-state index is 0.164. The van der Waals surface area contributed by atoms with Gasteiger partial charge in [0.15, 0.2) is 5.70 Å². The number of esters is 1. The molecule has 1 unspecified atom stereocenters. The number of nitrogens with zero attached hydrogens (tertiary/aromatic N) is 1. The van der Waals surface area contributed by atoms with Crippen LogP contribution in [0.2, 0.25) is 5.02 Å². The van der Waals surface area contributed by atoms with Crippen molar-refractivity contribution in [3.63, 3.8) is 0 Å². The first kappa shape index (κ1) is 17.2. The predicted octanol–water partition coefficient (Wildman–Crippen LogP) is 4.86. The molecule has 128 valence electrons. The summed E-state index contributed by atoms with van der Waals surface area (Å²) in [4.78, 5) is 16.3. The minimum atomic E-state index is -0.491. The Morgan fingerprint density at radius 1 is 1.20 bits per heavy atom. The van der Waals surface area contributed by atoms with Gasteiger partial charge >= 0.3 is 5.97 Å². The van der Waals surface area contributed by atoms with E-state index in [1.165, 1.54) is 0 Å². The van der Waals surface area contributed by atoms with Crippen molar-refractivity contribution in [1.82, 2.24) is 0 Å². The van der Waals surface area contributed by atoms with Crippen LogP contribution in [0.1, 0.15) is 31.4 Å². The van der Waals surface area contributed by atoms with Gasteiger partial charge in [-0.05, 0) is 49.2 Å². The number of halogens is 1. The van der Waals surface area contributed by atoms with Gasteiger partial charge in [-0.25, -0.2) is 9.79 Å². The van der Waals surface area contributed by atoms with E-state index in [0.717, 1.165) is 17.7 Å². The van der Waals surface area contributed by atoms with Crippen LogP contribution in [0.5, 0.6) is 5.75 Å². The van der Waals surface area contributed by atoms with E-state index in [4.69, 9.17) is 21.1 Å². The normalized spacial score (nSPS) is 16.5. The molecule has 5 heteroatoms. The molecular formula is C20H18ClNO3. The van der Waals surface area contributed by atoms with Crippen LogP contribution < -0.4 is 4.74 Å². The zero-order valence-electron chi connectivity index (χ0n) is 14.0. The SMILES string of the molecule is CCC(C)Oc1ccc(/C=C2\N=C(c3ccccc3Cl)OC2=O)cc1. The molecule has 0 amide bonds. The first-order valence-corrected chi connectivity index (χ1v) is 8.49. The molecule has 3 rings (SSSR count). The Labute approximate surface area is 151 Å². The summed E-state index contributed by atoms with van der Waals surface area (Å²) in [7, 11) is 0. The summed E-state index contributed by atoms with van der Waals surface area (Å²) in [5.74, 6) is 0.527. The van der Waals surface area contributed by atoms with E-state index in [1.807, 2.05) is 43.3 Å². The van der Waals surface area contributed by atoms with Crippen molar-refractivity contribution in [2.24, 2.45) is 4.99 Å². The summed E-state index contributed by atoms with van der Waals surface area (Å²) in [6.07, 6.45) is 2.79. The minimum Gasteiger partial charge on any atom is -0.491 e. The maximum absolute atomic E-state index is 12.1. The molecule has 2 aromatic rings. The van der Waals surface area contributed by atoms with Crippen molar-refractivity contribution >= 4 is 29.5 Å². The maximum atomic E-state index is 12.1. The highest BCUT2D eigenvalue weighted by Gasteiger charge is 2.25. The molecule has 0 fully saturated rings. The quantitative estimate of drug-likeness (QED) is 0.568. The van der Waals surface area contributed by atoms with Gasteiger partial charge in [0.05, 0.1) is 16.7 Å². The molecule has 1 heterocycles. The lowest BCUT2D eigenvalue weighted by molar-refractivity contribution is -0.129. The number of cyclic esters (lactones) is 1. The number of carbonyl (C=O) groups is 1. The molecule has 25 heavy (non-hydrogen) atoms. The Bertz CT molecular complexity index is 840. The summed E-state index contributed by atoms with van der Waals surface area (Å²) in [5.41, 5.74) is 1.68. The van der Waals surface area contributed by atoms with Gasteiger partial charge in [0, 0.05) is 0 Å². The van der Waals surface area contributed by atoms with Gasteiger partial charge in [-0.2, -0.15) is 0 Å². The molecule has 2 aromatic carbocycles. The van der Waals surface area contributed by atoms with E-state index in [1.54, 1.807) is 18.2 Å². The number of ether oxygens (including phenoxy) is 2. The topological polar surface area (TPSA) is 47.9 Å². The Morgan fingerprint density at radius 2 is 1.92 bits per heavy atom. The van der Waals surface area contributed by atoms with E-state index in [0.29, 0.717) is 10.6 Å². The highest BCUT2D eigenvalue weighted by atomic mass is 35.5. The summed E-state index contributed by atoms with van der Waals surface area (Å²) >= 11 is 6.13. The van der Waals surface area contributed by atoms with Gasteiger partial charge in [0.1, 0.15) is 5.75 Å². The highest BCUT2D eigenvalue weighted by molar-refractivity contribution is 6.34. The predicted molar refractivity (Wildman–Crippen MR) is 98.9 cm³/mol. The number of aliphatic imine (C=N–C) groups is 1. The third-order valence-electron chi connectivity index (χ3n) is 3.82. The fourth-order valence-electron chi connectivity index (χ4n) is 2.28. The molecule has 0 radical (unpaired) electrons. The van der Waals surface area contributed by atoms with Crippen LogP contribution in [0.3, 0.4) is 0 Å². The van der Waals surface area contributed by atoms with E-state index < -0.39 is 5.97 Å². The first-order chi connectivity index (χ1) is 12.1. The molecule has 0 N–H and O–H groups in total. The molecule has 0 aromatic heterocycles. The monoisotopic (exact) mass is 355 g/mol. The van der Waals surface area contributed by atoms with Crippen LogP contribution >= 0.6 is 11.6 Å². The zero-order valence-corrected chi connectivity index (χ0v) is 14.8. The lowest BCUT2D eigenvalue weighted by Gasteiger charge is -2.12. The van der Waals surface area contributed by atoms with Crippen molar-refractivity contribution in [3.05, 3.63) is 70.4 Å². The Kier molecular flexibility index (Phi) is 5.19. The number of hydrogen-bond donors (Lipinski definition) is 0. The van der Waals surface area contributed by atoms with Crippen molar-refractivity contribution in [1.29, 1.82) is 0 Å². The van der Waals surface area contributed by atoms with Crippen molar-refractivity contribution in [2.45, 2.75) is 26.4 Å². The third-order valence-corrected chi connectivity index (χ3v) is 4.15. The number of hydrogen-bond acceptors (Lipinski definition) is 4. The van der Waals surface area contributed by atoms with Gasteiger partial charge in [-0.3, -0.25) is 0 Å². The molecule has 1 aliphatic heterocycles. The second-order valence-corrected chi connectivity index (χ2v) is 6.13. The molecule has 0 aliphatic carbocycles. The van der Waals surface area contributed by atoms with Crippen LogP contribution in [-0.2, 0) is 9.53 Å². The van der Waals surface area contributed by atoms with Gasteiger partial charge in [0.2, 0.25) is 5.90 Å². The lowest BCUT2D eigenvalue weighted by Crippen LogP contribution is -2.09. The van der Waals surface area contributed by atoms with Crippen LogP contribution in [0.25, 0.3) is 6.08 Å². The molecular weight excluding hydrogens is 338 g/mol. The van der Waals surface area contributed by atoms with Crippen LogP contribution in [0.15, 0.2) is 59.2 Å². The molecule has 0 saturated heterocycles. The average Bonchev–Trinajstić information content (AvgIpc) is 2.97. The first-order valence-electron chi connectivity index (χ1n) is 8.11. The highest BCUT2D eigenvalue weighted by Crippen LogP contribution is 2.24. The van der Waals surface area contributed by atoms with Gasteiger partial charge in [-0.15, -0.1) is 0 Å². The van der Waals surface area contributed by atoms with Gasteiger partial charge in [0.25, 0.3) is 0 Å². The second-order valence-electron chi connectivity index (χ2n) is 5.72. The molecule has 0 saturated carbocycles. The second kappa shape index (κ2) is 7.53. The fraction of sp³-hybridized carbons (Fsp3) is 0.200. The Balaban J connectivity index is 1.81. The molecule has 4 nitrogen and oxygen atoms in total. The van der Waals surface area contributed by atoms with Gasteiger partial charge in [-0.1, -0.05) is 42.8 Å². The average molecular weight is 356 g/mol. The smallest absolute Gasteiger partial charge is 0.363 e. The van der Waals surface area contributed by atoms with E-state index in [2.05, 4.69) is 11.9 Å². The molecule has 0 bridgehead atoms. The maximum Gasteiger partial charge on any atom is 0.363 e. The Hall–Kier alpha value is -2.59. The van der Waals surface area contributed by atoms with Crippen molar-refractivity contribution in [3.8, 4) is 5.75 Å². The third kappa shape index (κ3) is 4.09. The van der Waals surface area contributed by atoms with Gasteiger partial charge < -0.3 is 9.47 Å². The van der Waals surface area contributed by atoms with Crippen molar-refractivity contribution in [2.75, 3.05) is 0 Å². The molecule has 1 atom stereocenters. The summed E-state index contributed by atoms with van der Waals surface area (Å²) < 4.78 is 11.0. The van der Waals surface area contributed by atoms with Crippen LogP contribution in [0.4, 0.5) is 0 Å².